The molecule has 0 heterocycles. The van der Waals surface area contributed by atoms with Crippen LogP contribution in [0.3, 0.4) is 0 Å². The maximum atomic E-state index is 14.1. The number of hydrogen-bond donors (Lipinski definition) is 1. The van der Waals surface area contributed by atoms with Crippen LogP contribution in [0.2, 0.25) is 0 Å². The minimum absolute atomic E-state index is 0.155. The maximum absolute atomic E-state index is 14.1. The van der Waals surface area contributed by atoms with E-state index in [-0.39, 0.29) is 11.7 Å². The molecular formula is C16H23FO. The Morgan fingerprint density at radius 3 is 2.72 bits per heavy atom. The second-order valence-corrected chi connectivity index (χ2v) is 6.00. The summed E-state index contributed by atoms with van der Waals surface area (Å²) in [6, 6.07) is 5.06. The lowest BCUT2D eigenvalue weighted by Crippen LogP contribution is -2.41. The lowest BCUT2D eigenvalue weighted by molar-refractivity contribution is -0.0745. The van der Waals surface area contributed by atoms with Gasteiger partial charge in [-0.1, -0.05) is 44.4 Å². The summed E-state index contributed by atoms with van der Waals surface area (Å²) in [6.45, 7) is 6.18. The number of aryl methyl sites for hydroxylation is 1. The molecule has 1 aromatic carbocycles. The Labute approximate surface area is 109 Å². The summed E-state index contributed by atoms with van der Waals surface area (Å²) >= 11 is 0. The van der Waals surface area contributed by atoms with Crippen LogP contribution in [0.25, 0.3) is 0 Å². The van der Waals surface area contributed by atoms with Crippen molar-refractivity contribution >= 4 is 0 Å². The summed E-state index contributed by atoms with van der Waals surface area (Å²) in [5, 5.41) is 11.0. The van der Waals surface area contributed by atoms with Gasteiger partial charge in [0.15, 0.2) is 0 Å². The first-order valence-electron chi connectivity index (χ1n) is 6.94. The molecule has 1 aromatic rings. The predicted octanol–water partition coefficient (Wildman–Crippen LogP) is 4.17. The van der Waals surface area contributed by atoms with E-state index in [1.807, 2.05) is 13.0 Å². The second-order valence-electron chi connectivity index (χ2n) is 6.00. The number of benzene rings is 1. The summed E-state index contributed by atoms with van der Waals surface area (Å²) in [5.41, 5.74) is 0.525. The van der Waals surface area contributed by atoms with Gasteiger partial charge in [-0.05, 0) is 37.7 Å². The lowest BCUT2D eigenvalue weighted by Gasteiger charge is -2.43. The van der Waals surface area contributed by atoms with Crippen LogP contribution in [-0.2, 0) is 5.60 Å². The van der Waals surface area contributed by atoms with E-state index in [9.17, 15) is 9.50 Å². The van der Waals surface area contributed by atoms with E-state index >= 15 is 0 Å². The molecule has 0 aliphatic heterocycles. The first kappa shape index (κ1) is 13.5. The van der Waals surface area contributed by atoms with E-state index in [2.05, 4.69) is 13.8 Å². The molecule has 100 valence electrons. The van der Waals surface area contributed by atoms with Gasteiger partial charge in [-0.15, -0.1) is 0 Å². The van der Waals surface area contributed by atoms with Crippen molar-refractivity contribution in [2.24, 2.45) is 11.8 Å². The SMILES string of the molecule is Cc1ccc(F)c(C2(O)CCCCC2C(C)C)c1. The van der Waals surface area contributed by atoms with Gasteiger partial charge in [0, 0.05) is 5.56 Å². The van der Waals surface area contributed by atoms with Gasteiger partial charge in [-0.3, -0.25) is 0 Å². The van der Waals surface area contributed by atoms with E-state index in [0.29, 0.717) is 17.9 Å². The van der Waals surface area contributed by atoms with Crippen LogP contribution >= 0.6 is 0 Å². The molecule has 1 N–H and O–H groups in total. The number of rotatable bonds is 2. The van der Waals surface area contributed by atoms with Crippen LogP contribution < -0.4 is 0 Å². The fraction of sp³-hybridized carbons (Fsp3) is 0.625. The van der Waals surface area contributed by atoms with Gasteiger partial charge in [0.25, 0.3) is 0 Å². The van der Waals surface area contributed by atoms with Gasteiger partial charge in [0.05, 0.1) is 5.60 Å². The van der Waals surface area contributed by atoms with Gasteiger partial charge >= 0.3 is 0 Å². The van der Waals surface area contributed by atoms with Crippen molar-refractivity contribution in [3.05, 3.63) is 35.1 Å². The summed E-state index contributed by atoms with van der Waals surface area (Å²) in [4.78, 5) is 0. The average Bonchev–Trinajstić information content (AvgIpc) is 2.32. The number of aliphatic hydroxyl groups is 1. The fourth-order valence-corrected chi connectivity index (χ4v) is 3.37. The molecule has 18 heavy (non-hydrogen) atoms. The first-order valence-corrected chi connectivity index (χ1v) is 6.94. The highest BCUT2D eigenvalue weighted by atomic mass is 19.1. The minimum Gasteiger partial charge on any atom is -0.385 e. The second kappa shape index (κ2) is 5.00. The van der Waals surface area contributed by atoms with Crippen molar-refractivity contribution in [2.45, 2.75) is 52.1 Å². The van der Waals surface area contributed by atoms with E-state index in [1.54, 1.807) is 6.07 Å². The normalized spacial score (nSPS) is 28.7. The van der Waals surface area contributed by atoms with E-state index in [1.165, 1.54) is 6.07 Å². The molecule has 0 aromatic heterocycles. The summed E-state index contributed by atoms with van der Waals surface area (Å²) < 4.78 is 14.1. The van der Waals surface area contributed by atoms with Gasteiger partial charge < -0.3 is 5.11 Å². The summed E-state index contributed by atoms with van der Waals surface area (Å²) in [5.74, 6) is 0.258. The highest BCUT2D eigenvalue weighted by molar-refractivity contribution is 5.30. The van der Waals surface area contributed by atoms with Crippen molar-refractivity contribution in [2.75, 3.05) is 0 Å². The standard InChI is InChI=1S/C16H23FO/c1-11(2)13-6-4-5-9-16(13,18)14-10-12(3)7-8-15(14)17/h7-8,10-11,13,18H,4-6,9H2,1-3H3. The zero-order chi connectivity index (χ0) is 13.3. The highest BCUT2D eigenvalue weighted by Gasteiger charge is 2.43. The minimum atomic E-state index is -0.984. The molecule has 2 atom stereocenters. The van der Waals surface area contributed by atoms with Crippen LogP contribution in [0.1, 0.15) is 50.7 Å². The molecule has 2 heteroatoms. The molecule has 2 rings (SSSR count). The molecule has 1 saturated carbocycles. The molecule has 1 aliphatic rings. The molecule has 0 saturated heterocycles. The Morgan fingerprint density at radius 2 is 2.06 bits per heavy atom. The molecule has 1 aliphatic carbocycles. The van der Waals surface area contributed by atoms with Crippen molar-refractivity contribution in [3.63, 3.8) is 0 Å². The quantitative estimate of drug-likeness (QED) is 0.835. The molecule has 0 spiro atoms. The Balaban J connectivity index is 2.46. The molecule has 0 amide bonds. The summed E-state index contributed by atoms with van der Waals surface area (Å²) in [6.07, 6.45) is 3.78. The third kappa shape index (κ3) is 2.31. The molecule has 2 unspecified atom stereocenters. The first-order chi connectivity index (χ1) is 8.45. The third-order valence-electron chi connectivity index (χ3n) is 4.33. The van der Waals surface area contributed by atoms with Gasteiger partial charge in [-0.25, -0.2) is 4.39 Å². The topological polar surface area (TPSA) is 20.2 Å². The number of hydrogen-bond acceptors (Lipinski definition) is 1. The van der Waals surface area contributed by atoms with Crippen molar-refractivity contribution in [1.82, 2.24) is 0 Å². The van der Waals surface area contributed by atoms with Crippen LogP contribution in [0.15, 0.2) is 18.2 Å². The summed E-state index contributed by atoms with van der Waals surface area (Å²) in [7, 11) is 0. The van der Waals surface area contributed by atoms with E-state index < -0.39 is 5.60 Å². The lowest BCUT2D eigenvalue weighted by atomic mass is 9.67. The van der Waals surface area contributed by atoms with Crippen molar-refractivity contribution in [1.29, 1.82) is 0 Å². The average molecular weight is 250 g/mol. The molecule has 1 fully saturated rings. The highest BCUT2D eigenvalue weighted by Crippen LogP contribution is 2.46. The zero-order valence-electron chi connectivity index (χ0n) is 11.5. The number of halogens is 1. The van der Waals surface area contributed by atoms with E-state index in [0.717, 1.165) is 24.8 Å². The van der Waals surface area contributed by atoms with Crippen LogP contribution in [0.4, 0.5) is 4.39 Å². The molecule has 0 bridgehead atoms. The van der Waals surface area contributed by atoms with Crippen LogP contribution in [0, 0.1) is 24.6 Å². The van der Waals surface area contributed by atoms with Crippen molar-refractivity contribution < 1.29 is 9.50 Å². The third-order valence-corrected chi connectivity index (χ3v) is 4.33. The predicted molar refractivity (Wildman–Crippen MR) is 71.8 cm³/mol. The zero-order valence-corrected chi connectivity index (χ0v) is 11.5. The monoisotopic (exact) mass is 250 g/mol. The molecule has 1 nitrogen and oxygen atoms in total. The largest absolute Gasteiger partial charge is 0.385 e. The van der Waals surface area contributed by atoms with Crippen molar-refractivity contribution in [3.8, 4) is 0 Å². The van der Waals surface area contributed by atoms with Gasteiger partial charge in [0.1, 0.15) is 5.82 Å². The van der Waals surface area contributed by atoms with Gasteiger partial charge in [-0.2, -0.15) is 0 Å². The Morgan fingerprint density at radius 1 is 1.33 bits per heavy atom. The van der Waals surface area contributed by atoms with E-state index in [4.69, 9.17) is 0 Å². The molecule has 0 radical (unpaired) electrons. The van der Waals surface area contributed by atoms with Crippen LogP contribution in [-0.4, -0.2) is 5.11 Å². The maximum Gasteiger partial charge on any atom is 0.129 e. The smallest absolute Gasteiger partial charge is 0.129 e. The Bertz CT molecular complexity index is 427. The Hall–Kier alpha value is -0.890. The van der Waals surface area contributed by atoms with Crippen LogP contribution in [0.5, 0.6) is 0 Å². The fourth-order valence-electron chi connectivity index (χ4n) is 3.37. The Kier molecular flexibility index (Phi) is 3.76. The molecular weight excluding hydrogens is 227 g/mol. The van der Waals surface area contributed by atoms with Gasteiger partial charge in [0.2, 0.25) is 0 Å².